The molecular formula is C24H24N6O4. The van der Waals surface area contributed by atoms with Gasteiger partial charge in [-0.05, 0) is 49.4 Å². The van der Waals surface area contributed by atoms with Crippen molar-refractivity contribution in [2.45, 2.75) is 6.92 Å². The van der Waals surface area contributed by atoms with Crippen molar-refractivity contribution in [1.29, 1.82) is 0 Å². The van der Waals surface area contributed by atoms with Crippen LogP contribution in [0.15, 0.2) is 60.9 Å². The lowest BCUT2D eigenvalue weighted by molar-refractivity contribution is 0.102. The highest BCUT2D eigenvalue weighted by Gasteiger charge is 2.17. The summed E-state index contributed by atoms with van der Waals surface area (Å²) in [6.45, 7) is 1.82. The lowest BCUT2D eigenvalue weighted by Crippen LogP contribution is -2.12. The van der Waals surface area contributed by atoms with Crippen LogP contribution in [0, 0.1) is 6.92 Å². The molecule has 34 heavy (non-hydrogen) atoms. The van der Waals surface area contributed by atoms with Gasteiger partial charge >= 0.3 is 0 Å². The summed E-state index contributed by atoms with van der Waals surface area (Å²) in [5, 5.41) is 10.3. The van der Waals surface area contributed by atoms with Crippen LogP contribution in [0.4, 0.5) is 17.2 Å². The van der Waals surface area contributed by atoms with Crippen LogP contribution in [0.25, 0.3) is 5.82 Å². The molecule has 1 amide bonds. The average Bonchev–Trinajstić information content (AvgIpc) is 3.39. The summed E-state index contributed by atoms with van der Waals surface area (Å²) in [6, 6.07) is 14.1. The van der Waals surface area contributed by atoms with Crippen LogP contribution in [0.1, 0.15) is 16.2 Å². The molecule has 0 saturated heterocycles. The van der Waals surface area contributed by atoms with Gasteiger partial charge in [0.05, 0.1) is 21.3 Å². The Balaban J connectivity index is 1.48. The van der Waals surface area contributed by atoms with Gasteiger partial charge in [-0.2, -0.15) is 5.10 Å². The Morgan fingerprint density at radius 3 is 2.18 bits per heavy atom. The van der Waals surface area contributed by atoms with E-state index in [0.29, 0.717) is 46.0 Å². The number of amides is 1. The van der Waals surface area contributed by atoms with Crippen molar-refractivity contribution in [1.82, 2.24) is 19.7 Å². The Morgan fingerprint density at radius 1 is 0.912 bits per heavy atom. The van der Waals surface area contributed by atoms with E-state index in [2.05, 4.69) is 25.7 Å². The molecule has 0 aliphatic rings. The number of anilines is 3. The monoisotopic (exact) mass is 460 g/mol. The fourth-order valence-electron chi connectivity index (χ4n) is 3.34. The third-order valence-electron chi connectivity index (χ3n) is 4.91. The molecule has 2 N–H and O–H groups in total. The van der Waals surface area contributed by atoms with Crippen LogP contribution >= 0.6 is 0 Å². The summed E-state index contributed by atoms with van der Waals surface area (Å²) in [4.78, 5) is 21.6. The molecule has 10 heteroatoms. The lowest BCUT2D eigenvalue weighted by Gasteiger charge is -2.14. The van der Waals surface area contributed by atoms with E-state index in [-0.39, 0.29) is 5.91 Å². The molecule has 0 atom stereocenters. The maximum Gasteiger partial charge on any atom is 0.255 e. The highest BCUT2D eigenvalue weighted by molar-refractivity contribution is 6.05. The summed E-state index contributed by atoms with van der Waals surface area (Å²) in [5.41, 5.74) is 1.80. The molecule has 2 aromatic heterocycles. The van der Waals surface area contributed by atoms with E-state index in [0.717, 1.165) is 5.69 Å². The molecule has 0 saturated carbocycles. The fraction of sp³-hybridized carbons (Fsp3) is 0.167. The number of carbonyl (C=O) groups excluding carboxylic acids is 1. The maximum atomic E-state index is 12.8. The smallest absolute Gasteiger partial charge is 0.255 e. The van der Waals surface area contributed by atoms with E-state index < -0.39 is 0 Å². The molecule has 0 radical (unpaired) electrons. The number of nitrogens with one attached hydrogen (secondary N) is 2. The fourth-order valence-corrected chi connectivity index (χ4v) is 3.34. The van der Waals surface area contributed by atoms with Gasteiger partial charge in [0.2, 0.25) is 5.75 Å². The third-order valence-corrected chi connectivity index (χ3v) is 4.91. The number of ether oxygens (including phenoxy) is 3. The van der Waals surface area contributed by atoms with Crippen LogP contribution in [0.3, 0.4) is 0 Å². The molecule has 2 heterocycles. The quantitative estimate of drug-likeness (QED) is 0.406. The third kappa shape index (κ3) is 4.90. The highest BCUT2D eigenvalue weighted by Crippen LogP contribution is 2.38. The van der Waals surface area contributed by atoms with E-state index >= 15 is 0 Å². The van der Waals surface area contributed by atoms with Gasteiger partial charge in [-0.25, -0.2) is 14.6 Å². The molecule has 0 aliphatic carbocycles. The Kier molecular flexibility index (Phi) is 6.58. The normalized spacial score (nSPS) is 10.5. The topological polar surface area (TPSA) is 112 Å². The predicted octanol–water partition coefficient (Wildman–Crippen LogP) is 3.99. The molecule has 174 valence electrons. The predicted molar refractivity (Wildman–Crippen MR) is 128 cm³/mol. The number of nitrogens with zero attached hydrogens (tertiary/aromatic N) is 4. The van der Waals surface area contributed by atoms with E-state index in [1.165, 1.54) is 21.3 Å². The molecule has 4 rings (SSSR count). The lowest BCUT2D eigenvalue weighted by atomic mass is 10.1. The molecule has 0 fully saturated rings. The molecule has 0 bridgehead atoms. The molecule has 0 spiro atoms. The average molecular weight is 460 g/mol. The summed E-state index contributed by atoms with van der Waals surface area (Å²) >= 11 is 0. The summed E-state index contributed by atoms with van der Waals surface area (Å²) in [5.74, 6) is 2.83. The molecule has 0 unspecified atom stereocenters. The largest absolute Gasteiger partial charge is 0.493 e. The number of carbonyl (C=O) groups is 1. The van der Waals surface area contributed by atoms with E-state index in [1.807, 2.05) is 31.3 Å². The minimum atomic E-state index is -0.310. The van der Waals surface area contributed by atoms with Crippen LogP contribution in [-0.2, 0) is 0 Å². The van der Waals surface area contributed by atoms with Gasteiger partial charge in [0.25, 0.3) is 5.91 Å². The number of rotatable bonds is 8. The van der Waals surface area contributed by atoms with E-state index in [4.69, 9.17) is 14.2 Å². The van der Waals surface area contributed by atoms with Crippen molar-refractivity contribution in [3.8, 4) is 23.1 Å². The van der Waals surface area contributed by atoms with E-state index in [1.54, 1.807) is 41.2 Å². The molecule has 0 aliphatic heterocycles. The number of methoxy groups -OCH3 is 3. The summed E-state index contributed by atoms with van der Waals surface area (Å²) in [7, 11) is 4.51. The Hall–Kier alpha value is -4.60. The molecule has 10 nitrogen and oxygen atoms in total. The Labute approximate surface area is 196 Å². The molecule has 2 aromatic carbocycles. The number of aromatic nitrogens is 4. The first-order chi connectivity index (χ1) is 16.5. The standard InChI is InChI=1S/C24H24N6O4/c1-15-26-21(14-22(27-15)30-11-5-10-25-30)28-17-6-8-18(9-7-17)29-24(31)16-12-19(32-2)23(34-4)20(13-16)33-3/h5-14H,1-4H3,(H,29,31)(H,26,27,28). The minimum absolute atomic E-state index is 0.310. The van der Waals surface area contributed by atoms with Gasteiger partial charge in [-0.15, -0.1) is 0 Å². The van der Waals surface area contributed by atoms with Crippen molar-refractivity contribution in [2.24, 2.45) is 0 Å². The first-order valence-electron chi connectivity index (χ1n) is 10.3. The summed E-state index contributed by atoms with van der Waals surface area (Å²) in [6.07, 6.45) is 3.51. The SMILES string of the molecule is COc1cc(C(=O)Nc2ccc(Nc3cc(-n4cccn4)nc(C)n3)cc2)cc(OC)c1OC. The molecule has 4 aromatic rings. The zero-order valence-electron chi connectivity index (χ0n) is 19.2. The minimum Gasteiger partial charge on any atom is -0.493 e. The van der Waals surface area contributed by atoms with Crippen LogP contribution in [0.5, 0.6) is 17.2 Å². The summed E-state index contributed by atoms with van der Waals surface area (Å²) < 4.78 is 17.6. The second kappa shape index (κ2) is 9.90. The highest BCUT2D eigenvalue weighted by atomic mass is 16.5. The Bertz CT molecular complexity index is 1260. The van der Waals surface area contributed by atoms with Crippen molar-refractivity contribution in [3.63, 3.8) is 0 Å². The van der Waals surface area contributed by atoms with Crippen LogP contribution in [0.2, 0.25) is 0 Å². The Morgan fingerprint density at radius 2 is 1.59 bits per heavy atom. The van der Waals surface area contributed by atoms with Gasteiger partial charge in [0, 0.05) is 35.4 Å². The first-order valence-corrected chi connectivity index (χ1v) is 10.3. The van der Waals surface area contributed by atoms with Gasteiger partial charge in [-0.1, -0.05) is 0 Å². The number of hydrogen-bond donors (Lipinski definition) is 2. The molecular weight excluding hydrogens is 436 g/mol. The van der Waals surface area contributed by atoms with E-state index in [9.17, 15) is 4.79 Å². The second-order valence-electron chi connectivity index (χ2n) is 7.18. The van der Waals surface area contributed by atoms with Gasteiger partial charge < -0.3 is 24.8 Å². The van der Waals surface area contributed by atoms with Crippen LogP contribution < -0.4 is 24.8 Å². The van der Waals surface area contributed by atoms with Gasteiger partial charge in [-0.3, -0.25) is 4.79 Å². The zero-order valence-corrected chi connectivity index (χ0v) is 19.2. The first kappa shape index (κ1) is 22.6. The van der Waals surface area contributed by atoms with Crippen molar-refractivity contribution in [2.75, 3.05) is 32.0 Å². The zero-order chi connectivity index (χ0) is 24.1. The van der Waals surface area contributed by atoms with Crippen LogP contribution in [-0.4, -0.2) is 47.0 Å². The van der Waals surface area contributed by atoms with Gasteiger partial charge in [0.15, 0.2) is 17.3 Å². The van der Waals surface area contributed by atoms with Crippen molar-refractivity contribution in [3.05, 3.63) is 72.3 Å². The number of benzene rings is 2. The van der Waals surface area contributed by atoms with Crippen molar-refractivity contribution >= 4 is 23.1 Å². The number of hydrogen-bond acceptors (Lipinski definition) is 8. The second-order valence-corrected chi connectivity index (χ2v) is 7.18. The van der Waals surface area contributed by atoms with Gasteiger partial charge in [0.1, 0.15) is 11.6 Å². The maximum absolute atomic E-state index is 12.8. The van der Waals surface area contributed by atoms with Crippen molar-refractivity contribution < 1.29 is 19.0 Å². The number of aryl methyl sites for hydroxylation is 1.